The minimum Gasteiger partial charge on any atom is -0.465 e. The normalized spacial score (nSPS) is 9.17. The Bertz CT molecular complexity index is 147. The quantitative estimate of drug-likeness (QED) is 0.432. The van der Waals surface area contributed by atoms with Gasteiger partial charge in [0.25, 0.3) is 0 Å². The molecule has 0 atom stereocenters. The second kappa shape index (κ2) is 6.64. The van der Waals surface area contributed by atoms with Crippen molar-refractivity contribution in [3.8, 4) is 0 Å². The summed E-state index contributed by atoms with van der Waals surface area (Å²) < 4.78 is 4.68. The lowest BCUT2D eigenvalue weighted by Crippen LogP contribution is -2.30. The maximum Gasteiger partial charge on any atom is 0.325 e. The molecule has 0 aromatic carbocycles. The highest BCUT2D eigenvalue weighted by molar-refractivity contribution is 5.74. The third kappa shape index (κ3) is 4.71. The van der Waals surface area contributed by atoms with Crippen LogP contribution >= 0.6 is 0 Å². The molecule has 0 aromatic heterocycles. The van der Waals surface area contributed by atoms with Gasteiger partial charge in [-0.25, -0.2) is 0 Å². The van der Waals surface area contributed by atoms with Gasteiger partial charge in [0, 0.05) is 6.54 Å². The molecule has 0 fully saturated rings. The van der Waals surface area contributed by atoms with Gasteiger partial charge in [0.05, 0.1) is 6.61 Å². The molecule has 0 saturated heterocycles. The van der Waals surface area contributed by atoms with E-state index in [1.165, 1.54) is 4.90 Å². The predicted octanol–water partition coefficient (Wildman–Crippen LogP) is 0.418. The van der Waals surface area contributed by atoms with Gasteiger partial charge in [0.15, 0.2) is 0 Å². The summed E-state index contributed by atoms with van der Waals surface area (Å²) in [6, 6.07) is 0. The first kappa shape index (κ1) is 10.9. The van der Waals surface area contributed by atoms with Crippen LogP contribution < -0.4 is 0 Å². The Balaban J connectivity index is 3.68. The molecule has 0 bridgehead atoms. The number of rotatable bonds is 6. The van der Waals surface area contributed by atoms with Crippen LogP contribution in [0, 0.1) is 0 Å². The number of carbonyl (C=O) groups excluding carboxylic acids is 2. The summed E-state index contributed by atoms with van der Waals surface area (Å²) in [6.07, 6.45) is 1.51. The fraction of sp³-hybridized carbons (Fsp3) is 0.750. The Kier molecular flexibility index (Phi) is 6.05. The van der Waals surface area contributed by atoms with E-state index < -0.39 is 0 Å². The highest BCUT2D eigenvalue weighted by Gasteiger charge is 2.07. The van der Waals surface area contributed by atoms with E-state index >= 15 is 0 Å². The smallest absolute Gasteiger partial charge is 0.325 e. The molecule has 0 heterocycles. The highest BCUT2D eigenvalue weighted by atomic mass is 16.5. The molecule has 70 valence electrons. The van der Waals surface area contributed by atoms with Gasteiger partial charge in [-0.15, -0.1) is 0 Å². The summed E-state index contributed by atoms with van der Waals surface area (Å²) in [5, 5.41) is 0. The molecule has 0 spiro atoms. The first-order valence-electron chi connectivity index (χ1n) is 4.09. The first-order chi connectivity index (χ1) is 5.74. The fourth-order valence-corrected chi connectivity index (χ4v) is 0.829. The third-order valence-electron chi connectivity index (χ3n) is 1.30. The molecule has 4 nitrogen and oxygen atoms in total. The van der Waals surface area contributed by atoms with Crippen LogP contribution in [0.3, 0.4) is 0 Å². The topological polar surface area (TPSA) is 46.6 Å². The average molecular weight is 173 g/mol. The van der Waals surface area contributed by atoms with Crippen molar-refractivity contribution in [3.05, 3.63) is 0 Å². The van der Waals surface area contributed by atoms with E-state index in [2.05, 4.69) is 4.74 Å². The number of amides is 1. The van der Waals surface area contributed by atoms with E-state index in [1.807, 2.05) is 6.92 Å². The number of hydrogen-bond donors (Lipinski definition) is 0. The highest BCUT2D eigenvalue weighted by Crippen LogP contribution is 1.88. The van der Waals surface area contributed by atoms with Gasteiger partial charge in [-0.2, -0.15) is 0 Å². The minimum absolute atomic E-state index is 0.0607. The van der Waals surface area contributed by atoms with Crippen molar-refractivity contribution in [1.29, 1.82) is 0 Å². The Hall–Kier alpha value is -1.06. The number of esters is 1. The lowest BCUT2D eigenvalue weighted by atomic mass is 10.4. The predicted molar refractivity (Wildman–Crippen MR) is 44.6 cm³/mol. The van der Waals surface area contributed by atoms with Crippen LogP contribution in [0.25, 0.3) is 0 Å². The Morgan fingerprint density at radius 3 is 2.58 bits per heavy atom. The maximum absolute atomic E-state index is 10.9. The first-order valence-corrected chi connectivity index (χ1v) is 4.09. The van der Waals surface area contributed by atoms with Gasteiger partial charge < -0.3 is 9.64 Å². The Morgan fingerprint density at radius 1 is 1.50 bits per heavy atom. The van der Waals surface area contributed by atoms with Gasteiger partial charge in [-0.3, -0.25) is 9.59 Å². The molecule has 0 unspecified atom stereocenters. The summed E-state index contributed by atoms with van der Waals surface area (Å²) in [6.45, 7) is 4.70. The van der Waals surface area contributed by atoms with E-state index in [-0.39, 0.29) is 12.5 Å². The molecular formula is C8H15NO3. The van der Waals surface area contributed by atoms with Crippen LogP contribution in [0.4, 0.5) is 0 Å². The van der Waals surface area contributed by atoms with Crippen molar-refractivity contribution in [2.45, 2.75) is 20.3 Å². The molecule has 0 aliphatic heterocycles. The molecule has 0 rings (SSSR count). The van der Waals surface area contributed by atoms with E-state index in [0.29, 0.717) is 19.6 Å². The fourth-order valence-electron chi connectivity index (χ4n) is 0.829. The molecule has 0 aliphatic carbocycles. The molecule has 0 saturated carbocycles. The van der Waals surface area contributed by atoms with E-state index in [0.717, 1.165) is 6.42 Å². The zero-order valence-electron chi connectivity index (χ0n) is 7.58. The van der Waals surface area contributed by atoms with Crippen molar-refractivity contribution in [1.82, 2.24) is 4.90 Å². The van der Waals surface area contributed by atoms with E-state index in [1.54, 1.807) is 6.92 Å². The van der Waals surface area contributed by atoms with Crippen LogP contribution in [0.5, 0.6) is 0 Å². The van der Waals surface area contributed by atoms with Crippen molar-refractivity contribution < 1.29 is 14.3 Å². The van der Waals surface area contributed by atoms with Crippen molar-refractivity contribution in [3.63, 3.8) is 0 Å². The summed E-state index contributed by atoms with van der Waals surface area (Å²) in [5.74, 6) is -0.349. The standard InChI is InChI=1S/C8H15NO3/c1-3-5-9(7-10)6-8(11)12-4-2/h7H,3-6H2,1-2H3. The number of hydrogen-bond acceptors (Lipinski definition) is 3. The minimum atomic E-state index is -0.349. The molecule has 0 radical (unpaired) electrons. The Morgan fingerprint density at radius 2 is 2.17 bits per heavy atom. The van der Waals surface area contributed by atoms with Crippen molar-refractivity contribution in [2.75, 3.05) is 19.7 Å². The monoisotopic (exact) mass is 173 g/mol. The Labute approximate surface area is 72.5 Å². The number of ether oxygens (including phenoxy) is 1. The van der Waals surface area contributed by atoms with Gasteiger partial charge in [-0.05, 0) is 13.3 Å². The van der Waals surface area contributed by atoms with Gasteiger partial charge in [0.2, 0.25) is 6.41 Å². The van der Waals surface area contributed by atoms with Crippen LogP contribution in [-0.4, -0.2) is 37.0 Å². The molecule has 0 aromatic rings. The van der Waals surface area contributed by atoms with Crippen molar-refractivity contribution >= 4 is 12.4 Å². The molecule has 0 N–H and O–H groups in total. The zero-order chi connectivity index (χ0) is 9.40. The largest absolute Gasteiger partial charge is 0.465 e. The average Bonchev–Trinajstić information content (AvgIpc) is 2.04. The van der Waals surface area contributed by atoms with Gasteiger partial charge >= 0.3 is 5.97 Å². The van der Waals surface area contributed by atoms with Gasteiger partial charge in [0.1, 0.15) is 6.54 Å². The molecule has 1 amide bonds. The van der Waals surface area contributed by atoms with Crippen LogP contribution in [-0.2, 0) is 14.3 Å². The molecule has 12 heavy (non-hydrogen) atoms. The summed E-state index contributed by atoms with van der Waals surface area (Å²) in [7, 11) is 0. The summed E-state index contributed by atoms with van der Waals surface area (Å²) >= 11 is 0. The SMILES string of the molecule is CCCN(C=O)CC(=O)OCC. The molecular weight excluding hydrogens is 158 g/mol. The van der Waals surface area contributed by atoms with Gasteiger partial charge in [-0.1, -0.05) is 6.92 Å². The van der Waals surface area contributed by atoms with Crippen LogP contribution in [0.1, 0.15) is 20.3 Å². The second-order valence-corrected chi connectivity index (χ2v) is 2.38. The summed E-state index contributed by atoms with van der Waals surface area (Å²) in [5.41, 5.74) is 0. The van der Waals surface area contributed by atoms with E-state index in [9.17, 15) is 9.59 Å². The number of carbonyl (C=O) groups is 2. The molecule has 4 heteroatoms. The second-order valence-electron chi connectivity index (χ2n) is 2.38. The maximum atomic E-state index is 10.9. The van der Waals surface area contributed by atoms with E-state index in [4.69, 9.17) is 0 Å². The van der Waals surface area contributed by atoms with Crippen LogP contribution in [0.2, 0.25) is 0 Å². The lowest BCUT2D eigenvalue weighted by molar-refractivity contribution is -0.146. The number of nitrogens with zero attached hydrogens (tertiary/aromatic N) is 1. The summed E-state index contributed by atoms with van der Waals surface area (Å²) in [4.78, 5) is 22.6. The zero-order valence-corrected chi connectivity index (χ0v) is 7.58. The van der Waals surface area contributed by atoms with Crippen molar-refractivity contribution in [2.24, 2.45) is 0 Å². The molecule has 0 aliphatic rings. The third-order valence-corrected chi connectivity index (χ3v) is 1.30. The van der Waals surface area contributed by atoms with Crippen LogP contribution in [0.15, 0.2) is 0 Å². The lowest BCUT2D eigenvalue weighted by Gasteiger charge is -2.14.